The highest BCUT2D eigenvalue weighted by Crippen LogP contribution is 2.18. The zero-order chi connectivity index (χ0) is 18.6. The van der Waals surface area contributed by atoms with Crippen molar-refractivity contribution < 1.29 is 9.53 Å². The van der Waals surface area contributed by atoms with Crippen molar-refractivity contribution in [2.24, 2.45) is 0 Å². The number of imidazole rings is 1. The average molecular weight is 366 g/mol. The average Bonchev–Trinajstić information content (AvgIpc) is 3.16. The molecule has 1 fully saturated rings. The van der Waals surface area contributed by atoms with Crippen molar-refractivity contribution in [1.82, 2.24) is 24.8 Å². The zero-order valence-electron chi connectivity index (χ0n) is 15.2. The lowest BCUT2D eigenvalue weighted by Gasteiger charge is -2.27. The van der Waals surface area contributed by atoms with Crippen LogP contribution in [0.4, 0.5) is 5.82 Å². The molecule has 1 saturated heterocycles. The maximum atomic E-state index is 12.6. The minimum absolute atomic E-state index is 0.0790. The van der Waals surface area contributed by atoms with Gasteiger partial charge < -0.3 is 19.5 Å². The summed E-state index contributed by atoms with van der Waals surface area (Å²) in [4.78, 5) is 27.7. The van der Waals surface area contributed by atoms with Crippen molar-refractivity contribution in [2.45, 2.75) is 19.5 Å². The summed E-state index contributed by atoms with van der Waals surface area (Å²) in [5.74, 6) is 0.788. The number of para-hydroxylation sites is 2. The normalized spacial score (nSPS) is 15.7. The van der Waals surface area contributed by atoms with Gasteiger partial charge in [0.15, 0.2) is 0 Å². The molecule has 1 unspecified atom stereocenters. The van der Waals surface area contributed by atoms with Gasteiger partial charge in [-0.2, -0.15) is 0 Å². The molecule has 1 N–H and O–H groups in total. The Balaban J connectivity index is 1.41. The highest BCUT2D eigenvalue weighted by Gasteiger charge is 2.18. The van der Waals surface area contributed by atoms with Gasteiger partial charge in [0.05, 0.1) is 42.8 Å². The molecule has 27 heavy (non-hydrogen) atoms. The second-order valence-electron chi connectivity index (χ2n) is 6.50. The van der Waals surface area contributed by atoms with E-state index in [0.717, 1.165) is 35.6 Å². The molecule has 0 saturated carbocycles. The lowest BCUT2D eigenvalue weighted by Crippen LogP contribution is -2.37. The van der Waals surface area contributed by atoms with Crippen LogP contribution in [0.25, 0.3) is 11.0 Å². The molecule has 0 aliphatic carbocycles. The molecule has 1 amide bonds. The Morgan fingerprint density at radius 3 is 2.89 bits per heavy atom. The summed E-state index contributed by atoms with van der Waals surface area (Å²) in [5.41, 5.74) is 2.60. The second kappa shape index (κ2) is 7.71. The highest BCUT2D eigenvalue weighted by molar-refractivity contribution is 5.83. The predicted molar refractivity (Wildman–Crippen MR) is 101 cm³/mol. The number of fused-ring (bicyclic) bond motifs is 1. The summed E-state index contributed by atoms with van der Waals surface area (Å²) < 4.78 is 7.25. The summed E-state index contributed by atoms with van der Waals surface area (Å²) >= 11 is 0. The number of hydrogen-bond acceptors (Lipinski definition) is 6. The number of benzene rings is 1. The first-order valence-electron chi connectivity index (χ1n) is 9.05. The number of morpholine rings is 1. The fourth-order valence-electron chi connectivity index (χ4n) is 3.19. The van der Waals surface area contributed by atoms with Crippen LogP contribution in [0.3, 0.4) is 0 Å². The Morgan fingerprint density at radius 2 is 2.04 bits per heavy atom. The number of nitrogens with one attached hydrogen (secondary N) is 1. The fraction of sp³-hybridized carbons (Fsp3) is 0.368. The number of rotatable bonds is 5. The van der Waals surface area contributed by atoms with Crippen molar-refractivity contribution in [3.63, 3.8) is 0 Å². The van der Waals surface area contributed by atoms with E-state index >= 15 is 0 Å². The van der Waals surface area contributed by atoms with Crippen LogP contribution < -0.4 is 10.2 Å². The molecule has 1 aromatic carbocycles. The molecule has 2 aromatic heterocycles. The van der Waals surface area contributed by atoms with Gasteiger partial charge in [0.25, 0.3) is 0 Å². The van der Waals surface area contributed by atoms with E-state index in [4.69, 9.17) is 4.74 Å². The number of carbonyl (C=O) groups is 1. The number of ether oxygens (including phenoxy) is 1. The Labute approximate surface area is 157 Å². The van der Waals surface area contributed by atoms with Gasteiger partial charge in [0, 0.05) is 19.2 Å². The number of hydrogen-bond donors (Lipinski definition) is 1. The van der Waals surface area contributed by atoms with Crippen LogP contribution in [-0.4, -0.2) is 51.7 Å². The zero-order valence-corrected chi connectivity index (χ0v) is 15.2. The van der Waals surface area contributed by atoms with Crippen LogP contribution >= 0.6 is 0 Å². The molecule has 3 aromatic rings. The predicted octanol–water partition coefficient (Wildman–Crippen LogP) is 1.54. The lowest BCUT2D eigenvalue weighted by atomic mass is 10.2. The molecule has 1 aliphatic heterocycles. The molecule has 8 heteroatoms. The van der Waals surface area contributed by atoms with E-state index in [1.165, 1.54) is 0 Å². The van der Waals surface area contributed by atoms with E-state index in [1.54, 1.807) is 12.7 Å². The van der Waals surface area contributed by atoms with Gasteiger partial charge in [0.2, 0.25) is 5.91 Å². The van der Waals surface area contributed by atoms with Crippen molar-refractivity contribution in [3.8, 4) is 0 Å². The Kier molecular flexibility index (Phi) is 4.97. The number of amides is 1. The quantitative estimate of drug-likeness (QED) is 0.737. The van der Waals surface area contributed by atoms with Crippen molar-refractivity contribution in [3.05, 3.63) is 48.7 Å². The minimum atomic E-state index is -0.363. The summed E-state index contributed by atoms with van der Waals surface area (Å²) in [6.07, 6.45) is 3.25. The van der Waals surface area contributed by atoms with Gasteiger partial charge in [-0.15, -0.1) is 0 Å². The van der Waals surface area contributed by atoms with Crippen LogP contribution in [-0.2, 0) is 16.1 Å². The van der Waals surface area contributed by atoms with Crippen LogP contribution in [0.1, 0.15) is 18.7 Å². The molecule has 8 nitrogen and oxygen atoms in total. The van der Waals surface area contributed by atoms with Gasteiger partial charge in [-0.05, 0) is 19.1 Å². The molecule has 140 valence electrons. The largest absolute Gasteiger partial charge is 0.378 e. The molecule has 0 spiro atoms. The number of nitrogens with zero attached hydrogens (tertiary/aromatic N) is 5. The first-order valence-corrected chi connectivity index (χ1v) is 9.05. The van der Waals surface area contributed by atoms with E-state index in [-0.39, 0.29) is 11.9 Å². The summed E-state index contributed by atoms with van der Waals surface area (Å²) in [7, 11) is 0. The minimum Gasteiger partial charge on any atom is -0.378 e. The highest BCUT2D eigenvalue weighted by atomic mass is 16.5. The number of aromatic nitrogens is 4. The van der Waals surface area contributed by atoms with Gasteiger partial charge in [-0.1, -0.05) is 12.1 Å². The smallest absolute Gasteiger partial charge is 0.243 e. The van der Waals surface area contributed by atoms with Crippen LogP contribution in [0.2, 0.25) is 0 Å². The first-order chi connectivity index (χ1) is 13.2. The summed E-state index contributed by atoms with van der Waals surface area (Å²) in [5, 5.41) is 2.96. The fourth-order valence-corrected chi connectivity index (χ4v) is 3.19. The molecule has 1 aliphatic rings. The maximum absolute atomic E-state index is 12.6. The number of anilines is 1. The van der Waals surface area contributed by atoms with Crippen molar-refractivity contribution in [1.29, 1.82) is 0 Å². The van der Waals surface area contributed by atoms with Gasteiger partial charge in [-0.25, -0.2) is 15.0 Å². The third-order valence-electron chi connectivity index (χ3n) is 4.77. The first kappa shape index (κ1) is 17.4. The Morgan fingerprint density at radius 1 is 1.22 bits per heavy atom. The van der Waals surface area contributed by atoms with Crippen LogP contribution in [0.5, 0.6) is 0 Å². The standard InChI is InChI=1S/C19H22N6O2/c1-14(25-13-23-16-4-2-3-5-17(16)25)19(26)20-11-15-10-18(22-12-21-15)24-6-8-27-9-7-24/h2-5,10,12-14H,6-9,11H2,1H3,(H,20,26). The molecule has 1 atom stereocenters. The summed E-state index contributed by atoms with van der Waals surface area (Å²) in [6.45, 7) is 5.25. The van der Waals surface area contributed by atoms with E-state index in [1.807, 2.05) is 41.8 Å². The van der Waals surface area contributed by atoms with Gasteiger partial charge >= 0.3 is 0 Å². The third kappa shape index (κ3) is 3.75. The molecule has 3 heterocycles. The maximum Gasteiger partial charge on any atom is 0.243 e. The van der Waals surface area contributed by atoms with Crippen LogP contribution in [0.15, 0.2) is 43.0 Å². The molecule has 0 radical (unpaired) electrons. The monoisotopic (exact) mass is 366 g/mol. The SMILES string of the molecule is CC(C(=O)NCc1cc(N2CCOCC2)ncn1)n1cnc2ccccc21. The lowest BCUT2D eigenvalue weighted by molar-refractivity contribution is -0.124. The number of carbonyl (C=O) groups excluding carboxylic acids is 1. The van der Waals surface area contributed by atoms with E-state index in [2.05, 4.69) is 25.2 Å². The van der Waals surface area contributed by atoms with Crippen molar-refractivity contribution in [2.75, 3.05) is 31.2 Å². The van der Waals surface area contributed by atoms with Crippen molar-refractivity contribution >= 4 is 22.8 Å². The molecule has 4 rings (SSSR count). The topological polar surface area (TPSA) is 85.2 Å². The Hall–Kier alpha value is -3.00. The van der Waals surface area contributed by atoms with Gasteiger partial charge in [0.1, 0.15) is 18.2 Å². The van der Waals surface area contributed by atoms with E-state index in [0.29, 0.717) is 19.8 Å². The molecule has 0 bridgehead atoms. The summed E-state index contributed by atoms with van der Waals surface area (Å²) in [6, 6.07) is 9.33. The second-order valence-corrected chi connectivity index (χ2v) is 6.50. The Bertz CT molecular complexity index is 935. The van der Waals surface area contributed by atoms with Crippen LogP contribution in [0, 0.1) is 0 Å². The van der Waals surface area contributed by atoms with E-state index in [9.17, 15) is 4.79 Å². The van der Waals surface area contributed by atoms with E-state index < -0.39 is 0 Å². The van der Waals surface area contributed by atoms with Gasteiger partial charge in [-0.3, -0.25) is 4.79 Å². The molecular formula is C19H22N6O2. The molecular weight excluding hydrogens is 344 g/mol. The third-order valence-corrected chi connectivity index (χ3v) is 4.77.